The van der Waals surface area contributed by atoms with E-state index in [0.717, 1.165) is 6.42 Å². The molecule has 7 aromatic carbocycles. The third-order valence-electron chi connectivity index (χ3n) is 12.8. The second-order valence-electron chi connectivity index (χ2n) is 17.0. The molecule has 0 aliphatic heterocycles. The first kappa shape index (κ1) is 29.0. The van der Waals surface area contributed by atoms with Gasteiger partial charge in [0.1, 0.15) is 0 Å². The van der Waals surface area contributed by atoms with Crippen molar-refractivity contribution in [3.8, 4) is 5.69 Å². The molecule has 0 unspecified atom stereocenters. The molecule has 0 spiro atoms. The summed E-state index contributed by atoms with van der Waals surface area (Å²) in [7, 11) is 0. The predicted molar refractivity (Wildman–Crippen MR) is 213 cm³/mol. The number of fused-ring (bicyclic) bond motifs is 3. The predicted octanol–water partition coefficient (Wildman–Crippen LogP) is 12.3. The van der Waals surface area contributed by atoms with Crippen LogP contribution in [0.15, 0.2) is 146 Å². The molecule has 0 amide bonds. The molecule has 8 aromatic rings. The molecule has 14 rings (SSSR count). The number of rotatable bonds is 2. The number of hydrogen-bond donors (Lipinski definition) is 0. The Morgan fingerprint density at radius 2 is 0.692 bits per heavy atom. The van der Waals surface area contributed by atoms with Gasteiger partial charge in [-0.3, -0.25) is 0 Å². The van der Waals surface area contributed by atoms with Gasteiger partial charge in [0.15, 0.2) is 0 Å². The lowest BCUT2D eigenvalue weighted by Gasteiger charge is -2.42. The SMILES string of the molecule is CC(C)(C)Cc1ccc(-n2c3cc4c(cc3c3cc5c(cc32)C2c3ccccc3C5c3ccccc32)C2c3ccccc3C4c3ccccc32)cc1. The van der Waals surface area contributed by atoms with E-state index in [1.165, 1.54) is 99.8 Å². The van der Waals surface area contributed by atoms with Crippen molar-refractivity contribution >= 4 is 21.8 Å². The lowest BCUT2D eigenvalue weighted by molar-refractivity contribution is 0.411. The minimum absolute atomic E-state index is 0.240. The normalized spacial score (nSPS) is 19.9. The molecule has 0 saturated carbocycles. The van der Waals surface area contributed by atoms with Gasteiger partial charge in [-0.05, 0) is 121 Å². The van der Waals surface area contributed by atoms with Crippen molar-refractivity contribution < 1.29 is 0 Å². The summed E-state index contributed by atoms with van der Waals surface area (Å²) in [5.41, 5.74) is 23.1. The number of hydrogen-bond acceptors (Lipinski definition) is 0. The zero-order valence-electron chi connectivity index (χ0n) is 29.8. The fourth-order valence-electron chi connectivity index (χ4n) is 11.0. The first-order valence-corrected chi connectivity index (χ1v) is 19.0. The Morgan fingerprint density at radius 1 is 0.385 bits per heavy atom. The highest BCUT2D eigenvalue weighted by Gasteiger charge is 2.43. The van der Waals surface area contributed by atoms with E-state index in [9.17, 15) is 0 Å². The van der Waals surface area contributed by atoms with Crippen LogP contribution in [0, 0.1) is 5.41 Å². The molecule has 0 radical (unpaired) electrons. The highest BCUT2D eigenvalue weighted by atomic mass is 15.0. The van der Waals surface area contributed by atoms with Crippen molar-refractivity contribution in [1.82, 2.24) is 4.57 Å². The number of aromatic nitrogens is 1. The maximum Gasteiger partial charge on any atom is 0.0544 e. The van der Waals surface area contributed by atoms with Crippen LogP contribution in [0.25, 0.3) is 27.5 Å². The van der Waals surface area contributed by atoms with E-state index in [4.69, 9.17) is 0 Å². The first-order valence-electron chi connectivity index (χ1n) is 19.0. The van der Waals surface area contributed by atoms with Gasteiger partial charge in [0, 0.05) is 40.1 Å². The molecule has 6 aliphatic carbocycles. The lowest BCUT2D eigenvalue weighted by atomic mass is 9.60. The van der Waals surface area contributed by atoms with Gasteiger partial charge in [-0.15, -0.1) is 0 Å². The van der Waals surface area contributed by atoms with Crippen LogP contribution in [0.4, 0.5) is 0 Å². The van der Waals surface area contributed by atoms with Crippen LogP contribution in [0.5, 0.6) is 0 Å². The van der Waals surface area contributed by atoms with Crippen molar-refractivity contribution in [2.45, 2.75) is 50.9 Å². The molecule has 1 nitrogen and oxygen atoms in total. The van der Waals surface area contributed by atoms with Gasteiger partial charge >= 0.3 is 0 Å². The summed E-state index contributed by atoms with van der Waals surface area (Å²) in [6.07, 6.45) is 1.06. The van der Waals surface area contributed by atoms with Crippen LogP contribution in [0.1, 0.15) is 117 Å². The van der Waals surface area contributed by atoms with E-state index in [2.05, 4.69) is 171 Å². The van der Waals surface area contributed by atoms with Crippen molar-refractivity contribution in [2.24, 2.45) is 5.41 Å². The van der Waals surface area contributed by atoms with Crippen molar-refractivity contribution in [2.75, 3.05) is 0 Å². The van der Waals surface area contributed by atoms with Gasteiger partial charge in [0.2, 0.25) is 0 Å². The monoisotopic (exact) mass is 665 g/mol. The average Bonchev–Trinajstić information content (AvgIpc) is 3.47. The molecule has 1 aromatic heterocycles. The van der Waals surface area contributed by atoms with Gasteiger partial charge in [-0.2, -0.15) is 0 Å². The first-order chi connectivity index (χ1) is 25.4. The van der Waals surface area contributed by atoms with E-state index in [1.54, 1.807) is 0 Å². The Morgan fingerprint density at radius 3 is 1.00 bits per heavy atom. The van der Waals surface area contributed by atoms with Gasteiger partial charge in [-0.1, -0.05) is 130 Å². The second kappa shape index (κ2) is 10.0. The zero-order chi connectivity index (χ0) is 34.5. The summed E-state index contributed by atoms with van der Waals surface area (Å²) in [5.74, 6) is 0.981. The van der Waals surface area contributed by atoms with E-state index in [0.29, 0.717) is 0 Å². The van der Waals surface area contributed by atoms with Crippen LogP contribution in [-0.2, 0) is 6.42 Å². The Labute approximate surface area is 305 Å². The molecule has 1 heterocycles. The number of nitrogens with zero attached hydrogens (tertiary/aromatic N) is 1. The van der Waals surface area contributed by atoms with Crippen LogP contribution >= 0.6 is 0 Å². The summed E-state index contributed by atoms with van der Waals surface area (Å²) >= 11 is 0. The average molecular weight is 666 g/mol. The summed E-state index contributed by atoms with van der Waals surface area (Å²) < 4.78 is 2.59. The number of benzene rings is 7. The Hall–Kier alpha value is -5.66. The summed E-state index contributed by atoms with van der Waals surface area (Å²) in [6, 6.07) is 56.6. The molecule has 0 saturated heterocycles. The maximum absolute atomic E-state index is 2.59. The topological polar surface area (TPSA) is 4.93 Å². The van der Waals surface area contributed by atoms with Crippen molar-refractivity contribution in [3.05, 3.63) is 218 Å². The Kier molecular flexibility index (Phi) is 5.58. The quantitative estimate of drug-likeness (QED) is 0.173. The van der Waals surface area contributed by atoms with Gasteiger partial charge < -0.3 is 4.57 Å². The summed E-state index contributed by atoms with van der Waals surface area (Å²) in [5, 5.41) is 2.72. The molecule has 248 valence electrons. The van der Waals surface area contributed by atoms with Crippen LogP contribution in [-0.4, -0.2) is 4.57 Å². The van der Waals surface area contributed by atoms with Crippen LogP contribution in [0.2, 0.25) is 0 Å². The Bertz CT molecular complexity index is 2560. The fourth-order valence-corrected chi connectivity index (χ4v) is 11.0. The molecule has 1 heteroatoms. The van der Waals surface area contributed by atoms with E-state index < -0.39 is 0 Å². The van der Waals surface area contributed by atoms with Crippen LogP contribution in [0.3, 0.4) is 0 Å². The maximum atomic E-state index is 2.59. The molecule has 0 atom stereocenters. The van der Waals surface area contributed by atoms with E-state index in [1.807, 2.05) is 0 Å². The second-order valence-corrected chi connectivity index (χ2v) is 17.0. The molecule has 0 N–H and O–H groups in total. The molecule has 6 aliphatic rings. The molecular weight excluding hydrogens is 627 g/mol. The largest absolute Gasteiger partial charge is 0.309 e. The van der Waals surface area contributed by atoms with Gasteiger partial charge in [-0.25, -0.2) is 0 Å². The Balaban J connectivity index is 1.16. The molecule has 4 bridgehead atoms. The third-order valence-corrected chi connectivity index (χ3v) is 12.8. The third kappa shape index (κ3) is 3.73. The highest BCUT2D eigenvalue weighted by molar-refractivity contribution is 6.11. The highest BCUT2D eigenvalue weighted by Crippen LogP contribution is 2.59. The molecule has 0 fully saturated rings. The molecule has 52 heavy (non-hydrogen) atoms. The smallest absolute Gasteiger partial charge is 0.0544 e. The van der Waals surface area contributed by atoms with E-state index in [-0.39, 0.29) is 29.1 Å². The lowest BCUT2D eigenvalue weighted by Crippen LogP contribution is -2.27. The fraction of sp³-hybridized carbons (Fsp3) is 0.176. The minimum atomic E-state index is 0.240. The minimum Gasteiger partial charge on any atom is -0.309 e. The zero-order valence-corrected chi connectivity index (χ0v) is 29.8. The molecular formula is C51H39N. The van der Waals surface area contributed by atoms with Crippen molar-refractivity contribution in [3.63, 3.8) is 0 Å². The van der Waals surface area contributed by atoms with E-state index >= 15 is 0 Å². The summed E-state index contributed by atoms with van der Waals surface area (Å²) in [4.78, 5) is 0. The standard InChI is InChI=1S/C51H39N/c1-51(2,3)28-29-20-22-30(23-21-29)52-45-26-43-41(47-31-12-4-8-16-35(31)49(43)36-17-9-5-13-32(36)47)24-39(45)40-25-42-44(27-46(40)52)50-37-18-10-6-14-33(37)48(42)34-15-7-11-19-38(34)50/h4-27,47-50H,28H2,1-3H3. The summed E-state index contributed by atoms with van der Waals surface area (Å²) in [6.45, 7) is 6.98. The van der Waals surface area contributed by atoms with Crippen LogP contribution < -0.4 is 0 Å². The van der Waals surface area contributed by atoms with Crippen molar-refractivity contribution in [1.29, 1.82) is 0 Å². The van der Waals surface area contributed by atoms with Gasteiger partial charge in [0.25, 0.3) is 0 Å². The van der Waals surface area contributed by atoms with Gasteiger partial charge in [0.05, 0.1) is 11.0 Å².